The molecular formula is C21H22ClN3O3S. The fraction of sp³-hybridized carbons (Fsp3) is 0.381. The zero-order valence-electron chi connectivity index (χ0n) is 16.3. The Morgan fingerprint density at radius 1 is 1.31 bits per heavy atom. The Kier molecular flexibility index (Phi) is 5.36. The van der Waals surface area contributed by atoms with Crippen molar-refractivity contribution in [2.24, 2.45) is 0 Å². The van der Waals surface area contributed by atoms with Gasteiger partial charge in [-0.15, -0.1) is 11.3 Å². The maximum atomic E-state index is 13.0. The van der Waals surface area contributed by atoms with Gasteiger partial charge in [0.25, 0.3) is 5.91 Å². The Morgan fingerprint density at radius 3 is 2.72 bits per heavy atom. The first kappa shape index (κ1) is 19.9. The third-order valence-corrected chi connectivity index (χ3v) is 7.01. The highest BCUT2D eigenvalue weighted by Crippen LogP contribution is 2.33. The second kappa shape index (κ2) is 7.80. The first-order chi connectivity index (χ1) is 13.9. The molecule has 0 spiro atoms. The molecule has 1 aliphatic carbocycles. The molecule has 4 rings (SSSR count). The van der Waals surface area contributed by atoms with E-state index in [0.29, 0.717) is 29.3 Å². The number of thiophene rings is 1. The number of benzene rings is 1. The van der Waals surface area contributed by atoms with Gasteiger partial charge in [-0.2, -0.15) is 5.10 Å². The summed E-state index contributed by atoms with van der Waals surface area (Å²) in [5, 5.41) is 9.18. The summed E-state index contributed by atoms with van der Waals surface area (Å²) >= 11 is 7.67. The van der Waals surface area contributed by atoms with Crippen LogP contribution >= 0.6 is 22.9 Å². The van der Waals surface area contributed by atoms with Gasteiger partial charge < -0.3 is 10.1 Å². The van der Waals surface area contributed by atoms with Gasteiger partial charge in [0.2, 0.25) is 0 Å². The fourth-order valence-electron chi connectivity index (χ4n) is 3.95. The van der Waals surface area contributed by atoms with Crippen molar-refractivity contribution < 1.29 is 14.3 Å². The predicted octanol–water partition coefficient (Wildman–Crippen LogP) is 4.32. The average Bonchev–Trinajstić information content (AvgIpc) is 3.41. The summed E-state index contributed by atoms with van der Waals surface area (Å²) in [5.74, 6) is -0.618. The van der Waals surface area contributed by atoms with E-state index >= 15 is 0 Å². The molecular weight excluding hydrogens is 410 g/mol. The lowest BCUT2D eigenvalue weighted by atomic mass is 9.97. The maximum absolute atomic E-state index is 13.0. The monoisotopic (exact) mass is 431 g/mol. The molecule has 0 saturated heterocycles. The maximum Gasteiger partial charge on any atom is 0.331 e. The van der Waals surface area contributed by atoms with Crippen LogP contribution in [0.4, 0.5) is 0 Å². The van der Waals surface area contributed by atoms with Gasteiger partial charge in [-0.3, -0.25) is 9.48 Å². The minimum absolute atomic E-state index is 0.248. The summed E-state index contributed by atoms with van der Waals surface area (Å²) < 4.78 is 6.83. The number of aromatic nitrogens is 2. The Morgan fingerprint density at radius 2 is 2.03 bits per heavy atom. The molecule has 152 valence electrons. The minimum atomic E-state index is -0.916. The molecule has 2 aromatic heterocycles. The summed E-state index contributed by atoms with van der Waals surface area (Å²) in [5.41, 5.74) is 0.903. The standard InChI is InChI=1S/C21H22ClN3O3S/c1-13-15-11-17(18(26)23-21(20(27)28-2)9-5-6-10-21)29-19(15)25(24-13)12-14-7-3-4-8-16(14)22/h3-4,7-8,11H,5-6,9-10,12H2,1-2H3,(H,23,26). The van der Waals surface area contributed by atoms with Gasteiger partial charge in [-0.25, -0.2) is 4.79 Å². The summed E-state index contributed by atoms with van der Waals surface area (Å²) in [6, 6.07) is 9.50. The van der Waals surface area contributed by atoms with Crippen molar-refractivity contribution in [1.82, 2.24) is 15.1 Å². The number of methoxy groups -OCH3 is 1. The van der Waals surface area contributed by atoms with E-state index in [9.17, 15) is 9.59 Å². The van der Waals surface area contributed by atoms with Crippen LogP contribution in [0.15, 0.2) is 30.3 Å². The molecule has 2 heterocycles. The molecule has 1 N–H and O–H groups in total. The van der Waals surface area contributed by atoms with Gasteiger partial charge in [-0.1, -0.05) is 42.6 Å². The van der Waals surface area contributed by atoms with Crippen LogP contribution in [-0.4, -0.2) is 34.3 Å². The van der Waals surface area contributed by atoms with E-state index in [0.717, 1.165) is 34.3 Å². The molecule has 1 aromatic carbocycles. The van der Waals surface area contributed by atoms with Crippen LogP contribution in [0.3, 0.4) is 0 Å². The molecule has 1 amide bonds. The van der Waals surface area contributed by atoms with Gasteiger partial charge in [-0.05, 0) is 37.5 Å². The van der Waals surface area contributed by atoms with E-state index < -0.39 is 5.54 Å². The minimum Gasteiger partial charge on any atom is -0.467 e. The predicted molar refractivity (Wildman–Crippen MR) is 114 cm³/mol. The van der Waals surface area contributed by atoms with Crippen LogP contribution < -0.4 is 5.32 Å². The van der Waals surface area contributed by atoms with Gasteiger partial charge >= 0.3 is 5.97 Å². The molecule has 1 saturated carbocycles. The van der Waals surface area contributed by atoms with Crippen molar-refractivity contribution >= 4 is 45.0 Å². The smallest absolute Gasteiger partial charge is 0.331 e. The van der Waals surface area contributed by atoms with E-state index in [-0.39, 0.29) is 11.9 Å². The van der Waals surface area contributed by atoms with Gasteiger partial charge in [0.15, 0.2) is 0 Å². The third-order valence-electron chi connectivity index (χ3n) is 5.50. The number of nitrogens with zero attached hydrogens (tertiary/aromatic N) is 2. The second-order valence-corrected chi connectivity index (χ2v) is 8.84. The highest BCUT2D eigenvalue weighted by atomic mass is 35.5. The molecule has 1 aliphatic rings. The molecule has 0 unspecified atom stereocenters. The van der Waals surface area contributed by atoms with Crippen LogP contribution in [0.5, 0.6) is 0 Å². The molecule has 0 atom stereocenters. The van der Waals surface area contributed by atoms with Crippen LogP contribution in [0, 0.1) is 6.92 Å². The van der Waals surface area contributed by atoms with Crippen molar-refractivity contribution in [2.75, 3.05) is 7.11 Å². The lowest BCUT2D eigenvalue weighted by Gasteiger charge is -2.26. The lowest BCUT2D eigenvalue weighted by molar-refractivity contribution is -0.148. The number of carbonyl (C=O) groups excluding carboxylic acids is 2. The van der Waals surface area contributed by atoms with E-state index in [1.807, 2.05) is 41.9 Å². The Balaban J connectivity index is 1.63. The fourth-order valence-corrected chi connectivity index (χ4v) is 5.20. The summed E-state index contributed by atoms with van der Waals surface area (Å²) in [4.78, 5) is 26.7. The number of amides is 1. The van der Waals surface area contributed by atoms with Crippen molar-refractivity contribution in [3.8, 4) is 0 Å². The quantitative estimate of drug-likeness (QED) is 0.610. The molecule has 29 heavy (non-hydrogen) atoms. The van der Waals surface area contributed by atoms with E-state index in [4.69, 9.17) is 16.3 Å². The number of rotatable bonds is 5. The average molecular weight is 432 g/mol. The largest absolute Gasteiger partial charge is 0.467 e. The topological polar surface area (TPSA) is 73.2 Å². The first-order valence-electron chi connectivity index (χ1n) is 9.55. The molecule has 1 fully saturated rings. The number of ether oxygens (including phenoxy) is 1. The number of halogens is 1. The number of hydrogen-bond acceptors (Lipinski definition) is 5. The zero-order chi connectivity index (χ0) is 20.6. The molecule has 0 bridgehead atoms. The highest BCUT2D eigenvalue weighted by Gasteiger charge is 2.44. The Bertz CT molecular complexity index is 1080. The third kappa shape index (κ3) is 3.65. The first-order valence-corrected chi connectivity index (χ1v) is 10.7. The summed E-state index contributed by atoms with van der Waals surface area (Å²) in [6.45, 7) is 2.45. The number of esters is 1. The zero-order valence-corrected chi connectivity index (χ0v) is 17.9. The SMILES string of the molecule is COC(=O)C1(NC(=O)c2cc3c(C)nn(Cc4ccccc4Cl)c3s2)CCCC1. The van der Waals surface area contributed by atoms with Crippen LogP contribution in [0.25, 0.3) is 10.2 Å². The molecule has 6 nitrogen and oxygen atoms in total. The second-order valence-electron chi connectivity index (χ2n) is 7.40. The molecule has 0 aliphatic heterocycles. The van der Waals surface area contributed by atoms with Gasteiger partial charge in [0.05, 0.1) is 24.2 Å². The molecule has 0 radical (unpaired) electrons. The van der Waals surface area contributed by atoms with E-state index in [1.165, 1.54) is 18.4 Å². The number of fused-ring (bicyclic) bond motifs is 1. The van der Waals surface area contributed by atoms with E-state index in [1.54, 1.807) is 0 Å². The van der Waals surface area contributed by atoms with Crippen molar-refractivity contribution in [3.63, 3.8) is 0 Å². The summed E-state index contributed by atoms with van der Waals surface area (Å²) in [6.07, 6.45) is 3.01. The molecule has 8 heteroatoms. The lowest BCUT2D eigenvalue weighted by Crippen LogP contribution is -2.53. The van der Waals surface area contributed by atoms with Gasteiger partial charge in [0.1, 0.15) is 10.4 Å². The van der Waals surface area contributed by atoms with Crippen LogP contribution in [-0.2, 0) is 16.1 Å². The number of aryl methyl sites for hydroxylation is 1. The molecule has 3 aromatic rings. The van der Waals surface area contributed by atoms with Crippen molar-refractivity contribution in [2.45, 2.75) is 44.7 Å². The van der Waals surface area contributed by atoms with Crippen LogP contribution in [0.2, 0.25) is 5.02 Å². The van der Waals surface area contributed by atoms with Crippen LogP contribution in [0.1, 0.15) is 46.6 Å². The Hall–Kier alpha value is -2.38. The number of nitrogens with one attached hydrogen (secondary N) is 1. The number of hydrogen-bond donors (Lipinski definition) is 1. The normalized spacial score (nSPS) is 15.6. The number of carbonyl (C=O) groups is 2. The van der Waals surface area contributed by atoms with E-state index in [2.05, 4.69) is 10.4 Å². The summed E-state index contributed by atoms with van der Waals surface area (Å²) in [7, 11) is 1.36. The van der Waals surface area contributed by atoms with Gasteiger partial charge in [0, 0.05) is 10.4 Å². The Labute approximate surface area is 177 Å². The highest BCUT2D eigenvalue weighted by molar-refractivity contribution is 7.20. The van der Waals surface area contributed by atoms with Crippen molar-refractivity contribution in [3.05, 3.63) is 51.5 Å². The van der Waals surface area contributed by atoms with Crippen molar-refractivity contribution in [1.29, 1.82) is 0 Å².